The van der Waals surface area contributed by atoms with E-state index in [0.717, 1.165) is 56.0 Å². The maximum Gasteiger partial charge on any atom is 0.129 e. The van der Waals surface area contributed by atoms with Crippen LogP contribution in [0.4, 0.5) is 5.82 Å². The van der Waals surface area contributed by atoms with E-state index in [9.17, 15) is 0 Å². The summed E-state index contributed by atoms with van der Waals surface area (Å²) >= 11 is 3.42. The Morgan fingerprint density at radius 3 is 2.58 bits per heavy atom. The zero-order valence-electron chi connectivity index (χ0n) is 11.3. The summed E-state index contributed by atoms with van der Waals surface area (Å²) in [5, 5.41) is 8.76. The van der Waals surface area contributed by atoms with Crippen LogP contribution < -0.4 is 4.90 Å². The minimum absolute atomic E-state index is 0.322. The Kier molecular flexibility index (Phi) is 6.07. The molecule has 2 rings (SSSR count). The lowest BCUT2D eigenvalue weighted by atomic mass is 10.2. The first kappa shape index (κ1) is 14.8. The van der Waals surface area contributed by atoms with E-state index < -0.39 is 0 Å². The summed E-state index contributed by atoms with van der Waals surface area (Å²) in [4.78, 5) is 9.35. The summed E-state index contributed by atoms with van der Waals surface area (Å²) in [6.45, 7) is 5.77. The van der Waals surface area contributed by atoms with E-state index in [1.54, 1.807) is 0 Å². The fraction of sp³-hybridized carbons (Fsp3) is 0.643. The van der Waals surface area contributed by atoms with Crippen molar-refractivity contribution in [3.8, 4) is 0 Å². The number of aromatic nitrogens is 1. The molecule has 0 atom stereocenters. The van der Waals surface area contributed by atoms with Crippen molar-refractivity contribution in [1.82, 2.24) is 9.88 Å². The molecule has 1 N–H and O–H groups in total. The molecule has 0 amide bonds. The Bertz CT molecular complexity index is 381. The van der Waals surface area contributed by atoms with Crippen molar-refractivity contribution in [3.63, 3.8) is 0 Å². The van der Waals surface area contributed by atoms with Crippen LogP contribution in [-0.2, 0) is 0 Å². The molecular formula is C14H22BrN3O. The highest BCUT2D eigenvalue weighted by atomic mass is 79.9. The van der Waals surface area contributed by atoms with Crippen molar-refractivity contribution in [2.45, 2.75) is 19.3 Å². The Hall–Kier alpha value is -0.650. The minimum Gasteiger partial charge on any atom is -0.396 e. The standard InChI is InChI=1S/C14H22BrN3O/c15-13-5-4-6-14(16-13)18-10-8-17(9-11-18)7-2-1-3-12-19/h4-6,19H,1-3,7-12H2. The summed E-state index contributed by atoms with van der Waals surface area (Å²) in [7, 11) is 0. The number of nitrogens with zero attached hydrogens (tertiary/aromatic N) is 3. The highest BCUT2D eigenvalue weighted by Gasteiger charge is 2.17. The molecular weight excluding hydrogens is 306 g/mol. The first-order chi connectivity index (χ1) is 9.29. The third-order valence-corrected chi connectivity index (χ3v) is 3.97. The van der Waals surface area contributed by atoms with E-state index in [1.807, 2.05) is 12.1 Å². The molecule has 106 valence electrons. The number of piperazine rings is 1. The van der Waals surface area contributed by atoms with E-state index in [4.69, 9.17) is 5.11 Å². The summed E-state index contributed by atoms with van der Waals surface area (Å²) in [6.07, 6.45) is 3.25. The molecule has 0 bridgehead atoms. The van der Waals surface area contributed by atoms with Crippen molar-refractivity contribution < 1.29 is 5.11 Å². The van der Waals surface area contributed by atoms with Gasteiger partial charge in [0.25, 0.3) is 0 Å². The normalized spacial score (nSPS) is 16.8. The molecule has 2 heterocycles. The van der Waals surface area contributed by atoms with Gasteiger partial charge in [0, 0.05) is 32.8 Å². The van der Waals surface area contributed by atoms with E-state index >= 15 is 0 Å². The van der Waals surface area contributed by atoms with Crippen LogP contribution in [-0.4, -0.2) is 54.3 Å². The second-order valence-electron chi connectivity index (χ2n) is 4.93. The lowest BCUT2D eigenvalue weighted by Crippen LogP contribution is -2.46. The van der Waals surface area contributed by atoms with Gasteiger partial charge in [-0.15, -0.1) is 0 Å². The lowest BCUT2D eigenvalue weighted by molar-refractivity contribution is 0.242. The average Bonchev–Trinajstić information content (AvgIpc) is 2.44. The van der Waals surface area contributed by atoms with Gasteiger partial charge in [-0.1, -0.05) is 6.07 Å². The van der Waals surface area contributed by atoms with Gasteiger partial charge in [-0.3, -0.25) is 4.90 Å². The predicted molar refractivity (Wildman–Crippen MR) is 81.5 cm³/mol. The van der Waals surface area contributed by atoms with Crippen LogP contribution in [0, 0.1) is 0 Å². The van der Waals surface area contributed by atoms with Gasteiger partial charge in [0.1, 0.15) is 10.4 Å². The van der Waals surface area contributed by atoms with Gasteiger partial charge in [0.2, 0.25) is 0 Å². The summed E-state index contributed by atoms with van der Waals surface area (Å²) < 4.78 is 0.899. The predicted octanol–water partition coefficient (Wildman–Crippen LogP) is 2.13. The molecule has 0 aliphatic carbocycles. The van der Waals surface area contributed by atoms with Gasteiger partial charge in [-0.2, -0.15) is 0 Å². The summed E-state index contributed by atoms with van der Waals surface area (Å²) in [5.74, 6) is 1.06. The molecule has 0 spiro atoms. The van der Waals surface area contributed by atoms with Gasteiger partial charge in [-0.05, 0) is 53.9 Å². The Morgan fingerprint density at radius 2 is 1.89 bits per heavy atom. The van der Waals surface area contributed by atoms with Gasteiger partial charge in [0.05, 0.1) is 0 Å². The number of hydrogen-bond donors (Lipinski definition) is 1. The van der Waals surface area contributed by atoms with Crippen molar-refractivity contribution in [2.75, 3.05) is 44.2 Å². The maximum absolute atomic E-state index is 8.76. The second kappa shape index (κ2) is 7.82. The fourth-order valence-electron chi connectivity index (χ4n) is 2.40. The van der Waals surface area contributed by atoms with Crippen LogP contribution in [0.1, 0.15) is 19.3 Å². The van der Waals surface area contributed by atoms with Crippen molar-refractivity contribution >= 4 is 21.7 Å². The van der Waals surface area contributed by atoms with Crippen LogP contribution in [0.2, 0.25) is 0 Å². The molecule has 0 aromatic carbocycles. The number of anilines is 1. The maximum atomic E-state index is 8.76. The molecule has 1 fully saturated rings. The van der Waals surface area contributed by atoms with Crippen LogP contribution in [0.5, 0.6) is 0 Å². The van der Waals surface area contributed by atoms with Gasteiger partial charge >= 0.3 is 0 Å². The smallest absolute Gasteiger partial charge is 0.129 e. The number of aliphatic hydroxyl groups excluding tert-OH is 1. The first-order valence-electron chi connectivity index (χ1n) is 7.00. The summed E-state index contributed by atoms with van der Waals surface area (Å²) in [6, 6.07) is 6.07. The first-order valence-corrected chi connectivity index (χ1v) is 7.79. The van der Waals surface area contributed by atoms with E-state index in [0.29, 0.717) is 6.61 Å². The molecule has 19 heavy (non-hydrogen) atoms. The van der Waals surface area contributed by atoms with E-state index in [2.05, 4.69) is 36.8 Å². The van der Waals surface area contributed by atoms with Gasteiger partial charge in [0.15, 0.2) is 0 Å². The van der Waals surface area contributed by atoms with Gasteiger partial charge in [-0.25, -0.2) is 4.98 Å². The molecule has 1 aliphatic heterocycles. The van der Waals surface area contributed by atoms with E-state index in [-0.39, 0.29) is 0 Å². The Balaban J connectivity index is 1.73. The van der Waals surface area contributed by atoms with Crippen LogP contribution in [0.3, 0.4) is 0 Å². The van der Waals surface area contributed by atoms with Crippen LogP contribution >= 0.6 is 15.9 Å². The Morgan fingerprint density at radius 1 is 1.11 bits per heavy atom. The quantitative estimate of drug-likeness (QED) is 0.641. The van der Waals surface area contributed by atoms with Crippen LogP contribution in [0.25, 0.3) is 0 Å². The third-order valence-electron chi connectivity index (χ3n) is 3.53. The van der Waals surface area contributed by atoms with Crippen molar-refractivity contribution in [3.05, 3.63) is 22.8 Å². The molecule has 4 nitrogen and oxygen atoms in total. The second-order valence-corrected chi connectivity index (χ2v) is 5.74. The SMILES string of the molecule is OCCCCCN1CCN(c2cccc(Br)n2)CC1. The molecule has 1 saturated heterocycles. The number of hydrogen-bond acceptors (Lipinski definition) is 4. The topological polar surface area (TPSA) is 39.6 Å². The molecule has 5 heteroatoms. The third kappa shape index (κ3) is 4.75. The lowest BCUT2D eigenvalue weighted by Gasteiger charge is -2.35. The largest absolute Gasteiger partial charge is 0.396 e. The molecule has 1 aliphatic rings. The molecule has 0 unspecified atom stereocenters. The Labute approximate surface area is 123 Å². The van der Waals surface area contributed by atoms with Gasteiger partial charge < -0.3 is 10.0 Å². The minimum atomic E-state index is 0.322. The monoisotopic (exact) mass is 327 g/mol. The zero-order valence-corrected chi connectivity index (χ0v) is 12.8. The fourth-order valence-corrected chi connectivity index (χ4v) is 2.73. The number of unbranched alkanes of at least 4 members (excludes halogenated alkanes) is 2. The highest BCUT2D eigenvalue weighted by molar-refractivity contribution is 9.10. The average molecular weight is 328 g/mol. The number of rotatable bonds is 6. The number of pyridine rings is 1. The van der Waals surface area contributed by atoms with Crippen LogP contribution in [0.15, 0.2) is 22.8 Å². The molecule has 0 radical (unpaired) electrons. The molecule has 1 aromatic rings. The summed E-state index contributed by atoms with van der Waals surface area (Å²) in [5.41, 5.74) is 0. The molecule has 0 saturated carbocycles. The van der Waals surface area contributed by atoms with E-state index in [1.165, 1.54) is 6.42 Å². The number of aliphatic hydroxyl groups is 1. The number of halogens is 1. The zero-order chi connectivity index (χ0) is 13.5. The molecule has 1 aromatic heterocycles. The van der Waals surface area contributed by atoms with Crippen molar-refractivity contribution in [1.29, 1.82) is 0 Å². The van der Waals surface area contributed by atoms with Crippen molar-refractivity contribution in [2.24, 2.45) is 0 Å². The highest BCUT2D eigenvalue weighted by Crippen LogP contribution is 2.16.